The first kappa shape index (κ1) is 20.5. The molecule has 26 heavy (non-hydrogen) atoms. The summed E-state index contributed by atoms with van der Waals surface area (Å²) >= 11 is 3.30. The minimum atomic E-state index is -3.64. The lowest BCUT2D eigenvalue weighted by Crippen LogP contribution is -2.31. The van der Waals surface area contributed by atoms with Crippen molar-refractivity contribution < 1.29 is 17.6 Å². The number of rotatable bonds is 7. The number of amides is 1. The fourth-order valence-corrected chi connectivity index (χ4v) is 4.36. The van der Waals surface area contributed by atoms with E-state index in [2.05, 4.69) is 21.2 Å². The molecule has 0 atom stereocenters. The van der Waals surface area contributed by atoms with Crippen molar-refractivity contribution in [2.75, 3.05) is 13.1 Å². The number of hydrogen-bond acceptors (Lipinski definition) is 3. The highest BCUT2D eigenvalue weighted by Crippen LogP contribution is 2.19. The Morgan fingerprint density at radius 2 is 1.85 bits per heavy atom. The number of hydrogen-bond donors (Lipinski definition) is 1. The van der Waals surface area contributed by atoms with Gasteiger partial charge >= 0.3 is 0 Å². The molecule has 1 N–H and O–H groups in total. The highest BCUT2D eigenvalue weighted by atomic mass is 79.9. The maximum Gasteiger partial charge on any atom is 0.251 e. The maximum atomic E-state index is 13.3. The average molecular weight is 443 g/mol. The smallest absolute Gasteiger partial charge is 0.251 e. The summed E-state index contributed by atoms with van der Waals surface area (Å²) in [6.07, 6.45) is 0. The monoisotopic (exact) mass is 442 g/mol. The maximum absolute atomic E-state index is 13.3. The van der Waals surface area contributed by atoms with Crippen LogP contribution < -0.4 is 5.32 Å². The minimum Gasteiger partial charge on any atom is -0.348 e. The average Bonchev–Trinajstić information content (AvgIpc) is 2.63. The normalized spacial score (nSPS) is 11.6. The second-order valence-corrected chi connectivity index (χ2v) is 8.33. The van der Waals surface area contributed by atoms with Crippen molar-refractivity contribution in [3.63, 3.8) is 0 Å². The van der Waals surface area contributed by atoms with Crippen LogP contribution in [-0.4, -0.2) is 31.7 Å². The van der Waals surface area contributed by atoms with E-state index in [0.717, 1.165) is 0 Å². The summed E-state index contributed by atoms with van der Waals surface area (Å²) in [4.78, 5) is 12.4. The Labute approximate surface area is 161 Å². The van der Waals surface area contributed by atoms with Gasteiger partial charge in [0.25, 0.3) is 5.91 Å². The molecular formula is C18H20BrFN2O3S. The van der Waals surface area contributed by atoms with E-state index in [1.165, 1.54) is 40.7 Å². The molecular weight excluding hydrogens is 423 g/mol. The van der Waals surface area contributed by atoms with E-state index in [1.54, 1.807) is 19.9 Å². The van der Waals surface area contributed by atoms with Crippen LogP contribution in [0.3, 0.4) is 0 Å². The number of carbonyl (C=O) groups is 1. The summed E-state index contributed by atoms with van der Waals surface area (Å²) in [7, 11) is -3.64. The Morgan fingerprint density at radius 1 is 1.15 bits per heavy atom. The van der Waals surface area contributed by atoms with Crippen LogP contribution >= 0.6 is 15.9 Å². The molecule has 0 unspecified atom stereocenters. The summed E-state index contributed by atoms with van der Waals surface area (Å²) in [5.74, 6) is -0.831. The third kappa shape index (κ3) is 4.69. The van der Waals surface area contributed by atoms with E-state index in [0.29, 0.717) is 23.1 Å². The molecule has 2 aromatic carbocycles. The lowest BCUT2D eigenvalue weighted by Gasteiger charge is -2.18. The number of halogens is 2. The molecule has 5 nitrogen and oxygen atoms in total. The molecule has 0 bridgehead atoms. The zero-order valence-electron chi connectivity index (χ0n) is 14.5. The van der Waals surface area contributed by atoms with Crippen molar-refractivity contribution in [3.05, 3.63) is 63.9 Å². The van der Waals surface area contributed by atoms with Crippen LogP contribution in [0.15, 0.2) is 51.8 Å². The van der Waals surface area contributed by atoms with E-state index < -0.39 is 21.7 Å². The first-order valence-corrected chi connectivity index (χ1v) is 10.3. The van der Waals surface area contributed by atoms with Gasteiger partial charge in [0.05, 0.1) is 4.90 Å². The second kappa shape index (κ2) is 8.75. The molecule has 1 amide bonds. The third-order valence-electron chi connectivity index (χ3n) is 3.89. The van der Waals surface area contributed by atoms with E-state index in [-0.39, 0.29) is 17.0 Å². The lowest BCUT2D eigenvalue weighted by atomic mass is 10.2. The van der Waals surface area contributed by atoms with Gasteiger partial charge in [-0.15, -0.1) is 0 Å². The molecule has 8 heteroatoms. The Bertz CT molecular complexity index is 899. The summed E-state index contributed by atoms with van der Waals surface area (Å²) in [5.41, 5.74) is 0.816. The van der Waals surface area contributed by atoms with Crippen molar-refractivity contribution in [1.29, 1.82) is 0 Å². The van der Waals surface area contributed by atoms with E-state index >= 15 is 0 Å². The van der Waals surface area contributed by atoms with Crippen molar-refractivity contribution in [2.24, 2.45) is 0 Å². The van der Waals surface area contributed by atoms with E-state index in [4.69, 9.17) is 0 Å². The Balaban J connectivity index is 2.19. The van der Waals surface area contributed by atoms with Crippen LogP contribution in [0.25, 0.3) is 0 Å². The van der Waals surface area contributed by atoms with Gasteiger partial charge in [-0.05, 0) is 42.0 Å². The molecule has 0 spiro atoms. The summed E-state index contributed by atoms with van der Waals surface area (Å²) in [5, 5.41) is 2.68. The summed E-state index contributed by atoms with van der Waals surface area (Å²) in [6, 6.07) is 10.1. The van der Waals surface area contributed by atoms with Crippen LogP contribution in [0.5, 0.6) is 0 Å². The first-order valence-electron chi connectivity index (χ1n) is 8.12. The zero-order valence-corrected chi connectivity index (χ0v) is 16.9. The molecule has 2 rings (SSSR count). The van der Waals surface area contributed by atoms with E-state index in [9.17, 15) is 17.6 Å². The van der Waals surface area contributed by atoms with Crippen LogP contribution in [-0.2, 0) is 16.6 Å². The highest BCUT2D eigenvalue weighted by Gasteiger charge is 2.22. The first-order chi connectivity index (χ1) is 12.3. The summed E-state index contributed by atoms with van der Waals surface area (Å²) < 4.78 is 40.5. The zero-order chi connectivity index (χ0) is 19.3. The number of nitrogens with one attached hydrogen (secondary N) is 1. The van der Waals surface area contributed by atoms with Crippen molar-refractivity contribution in [3.8, 4) is 0 Å². The number of sulfonamides is 1. The molecule has 0 radical (unpaired) electrons. The van der Waals surface area contributed by atoms with Crippen LogP contribution in [0.4, 0.5) is 4.39 Å². The van der Waals surface area contributed by atoms with Crippen molar-refractivity contribution >= 4 is 31.9 Å². The van der Waals surface area contributed by atoms with Crippen LogP contribution in [0.2, 0.25) is 0 Å². The number of nitrogens with zero attached hydrogens (tertiary/aromatic N) is 1. The van der Waals surface area contributed by atoms with E-state index in [1.807, 2.05) is 0 Å². The second-order valence-electron chi connectivity index (χ2n) is 5.54. The predicted octanol–water partition coefficient (Wildman–Crippen LogP) is 3.55. The standard InChI is InChI=1S/C18H20BrFN2O3S/c1-3-22(4-2)26(24,25)16-7-5-6-13(11-16)18(23)21-12-14-10-15(20)8-9-17(14)19/h5-11H,3-4,12H2,1-2H3,(H,21,23). The van der Waals surface area contributed by atoms with Crippen molar-refractivity contribution in [2.45, 2.75) is 25.3 Å². The van der Waals surface area contributed by atoms with Gasteiger partial charge in [-0.25, -0.2) is 12.8 Å². The molecule has 0 fully saturated rings. The fourth-order valence-electron chi connectivity index (χ4n) is 2.47. The van der Waals surface area contributed by atoms with Gasteiger partial charge in [-0.2, -0.15) is 4.31 Å². The van der Waals surface area contributed by atoms with Gasteiger partial charge in [-0.1, -0.05) is 35.8 Å². The Morgan fingerprint density at radius 3 is 2.50 bits per heavy atom. The molecule has 2 aromatic rings. The molecule has 0 aliphatic heterocycles. The SMILES string of the molecule is CCN(CC)S(=O)(=O)c1cccc(C(=O)NCc2cc(F)ccc2Br)c1. The minimum absolute atomic E-state index is 0.0702. The predicted molar refractivity (Wildman–Crippen MR) is 102 cm³/mol. The molecule has 0 saturated heterocycles. The molecule has 140 valence electrons. The van der Waals surface area contributed by atoms with Gasteiger partial charge in [0.15, 0.2) is 0 Å². The largest absolute Gasteiger partial charge is 0.348 e. The summed E-state index contributed by atoms with van der Waals surface area (Å²) in [6.45, 7) is 4.33. The van der Waals surface area contributed by atoms with Crippen LogP contribution in [0.1, 0.15) is 29.8 Å². The third-order valence-corrected chi connectivity index (χ3v) is 6.71. The van der Waals surface area contributed by atoms with Gasteiger partial charge in [0.2, 0.25) is 10.0 Å². The molecule has 0 aliphatic rings. The lowest BCUT2D eigenvalue weighted by molar-refractivity contribution is 0.0950. The Hall–Kier alpha value is -1.77. The molecule has 0 aromatic heterocycles. The Kier molecular flexibility index (Phi) is 6.91. The van der Waals surface area contributed by atoms with Gasteiger partial charge < -0.3 is 5.32 Å². The molecule has 0 heterocycles. The van der Waals surface area contributed by atoms with Crippen molar-refractivity contribution in [1.82, 2.24) is 9.62 Å². The number of benzene rings is 2. The van der Waals surface area contributed by atoms with Crippen LogP contribution in [0, 0.1) is 5.82 Å². The topological polar surface area (TPSA) is 66.5 Å². The molecule has 0 saturated carbocycles. The van der Waals surface area contributed by atoms with Gasteiger partial charge in [-0.3, -0.25) is 4.79 Å². The highest BCUT2D eigenvalue weighted by molar-refractivity contribution is 9.10. The fraction of sp³-hybridized carbons (Fsp3) is 0.278. The quantitative estimate of drug-likeness (QED) is 0.712. The van der Waals surface area contributed by atoms with Gasteiger partial charge in [0.1, 0.15) is 5.82 Å². The molecule has 0 aliphatic carbocycles. The number of carbonyl (C=O) groups excluding carboxylic acids is 1. The van der Waals surface area contributed by atoms with Gasteiger partial charge in [0, 0.05) is 29.7 Å².